The van der Waals surface area contributed by atoms with E-state index in [1.165, 1.54) is 31.2 Å². The number of hydrogen-bond donors (Lipinski definition) is 1. The summed E-state index contributed by atoms with van der Waals surface area (Å²) in [4.78, 5) is 15.4. The van der Waals surface area contributed by atoms with E-state index in [1.54, 1.807) is 6.92 Å². The van der Waals surface area contributed by atoms with Crippen LogP contribution in [0.3, 0.4) is 0 Å². The first-order valence-electron chi connectivity index (χ1n) is 6.10. The van der Waals surface area contributed by atoms with Gasteiger partial charge in [-0.05, 0) is 31.5 Å². The van der Waals surface area contributed by atoms with Crippen LogP contribution < -0.4 is 0 Å². The number of carboxylic acid groups (broad SMARTS) is 1. The molecule has 2 aromatic rings. The molecule has 0 aliphatic carbocycles. The Morgan fingerprint density at radius 1 is 1.14 bits per heavy atom. The number of carboxylic acids is 1. The zero-order valence-corrected chi connectivity index (χ0v) is 11.3. The summed E-state index contributed by atoms with van der Waals surface area (Å²) in [5.41, 5.74) is -0.551. The minimum Gasteiger partial charge on any atom is -0.478 e. The van der Waals surface area contributed by atoms with Crippen molar-refractivity contribution in [1.82, 2.24) is 4.98 Å². The Kier molecular flexibility index (Phi) is 3.72. The number of aromatic nitrogens is 1. The van der Waals surface area contributed by atoms with Crippen LogP contribution in [0.15, 0.2) is 30.3 Å². The van der Waals surface area contributed by atoms with E-state index in [4.69, 9.17) is 0 Å². The van der Waals surface area contributed by atoms with E-state index in [1.807, 2.05) is 0 Å². The van der Waals surface area contributed by atoms with Crippen LogP contribution in [0.4, 0.5) is 13.2 Å². The second-order valence-electron chi connectivity index (χ2n) is 4.62. The highest BCUT2D eigenvalue weighted by Gasteiger charge is 2.34. The lowest BCUT2D eigenvalue weighted by atomic mass is 9.94. The molecule has 1 aromatic carbocycles. The van der Waals surface area contributed by atoms with Crippen molar-refractivity contribution in [1.29, 1.82) is 0 Å². The van der Waals surface area contributed by atoms with Crippen LogP contribution in [0.25, 0.3) is 11.1 Å². The van der Waals surface area contributed by atoms with E-state index >= 15 is 0 Å². The molecule has 1 aromatic heterocycles. The number of nitrogens with zero attached hydrogens (tertiary/aromatic N) is 1. The van der Waals surface area contributed by atoms with Crippen LogP contribution in [0.5, 0.6) is 0 Å². The van der Waals surface area contributed by atoms with Crippen molar-refractivity contribution in [3.8, 4) is 11.1 Å². The lowest BCUT2D eigenvalue weighted by Gasteiger charge is -2.16. The lowest BCUT2D eigenvalue weighted by Crippen LogP contribution is -2.11. The van der Waals surface area contributed by atoms with Gasteiger partial charge in [0, 0.05) is 11.3 Å². The summed E-state index contributed by atoms with van der Waals surface area (Å²) < 4.78 is 39.3. The molecule has 2 rings (SSSR count). The SMILES string of the molecule is Cc1cc(-c2ccccc2C(F)(F)F)c(C(=O)O)c(C)n1. The summed E-state index contributed by atoms with van der Waals surface area (Å²) in [6, 6.07) is 6.28. The maximum absolute atomic E-state index is 13.1. The van der Waals surface area contributed by atoms with Crippen LogP contribution in [-0.2, 0) is 6.18 Å². The molecule has 0 saturated carbocycles. The monoisotopic (exact) mass is 295 g/mol. The van der Waals surface area contributed by atoms with Gasteiger partial charge in [0.2, 0.25) is 0 Å². The molecule has 0 bridgehead atoms. The van der Waals surface area contributed by atoms with Gasteiger partial charge in [0.05, 0.1) is 16.8 Å². The number of aromatic carboxylic acids is 1. The number of benzene rings is 1. The molecular formula is C15H12F3NO2. The number of pyridine rings is 1. The fourth-order valence-corrected chi connectivity index (χ4v) is 2.28. The molecule has 1 N–H and O–H groups in total. The van der Waals surface area contributed by atoms with Gasteiger partial charge in [-0.1, -0.05) is 18.2 Å². The first-order chi connectivity index (χ1) is 9.71. The fourth-order valence-electron chi connectivity index (χ4n) is 2.28. The maximum Gasteiger partial charge on any atom is 0.417 e. The summed E-state index contributed by atoms with van der Waals surface area (Å²) in [5.74, 6) is -1.30. The molecule has 21 heavy (non-hydrogen) atoms. The van der Waals surface area contributed by atoms with E-state index in [9.17, 15) is 23.1 Å². The Labute approximate surface area is 119 Å². The predicted molar refractivity (Wildman–Crippen MR) is 71.1 cm³/mol. The van der Waals surface area contributed by atoms with E-state index in [2.05, 4.69) is 4.98 Å². The molecule has 0 fully saturated rings. The van der Waals surface area contributed by atoms with E-state index in [-0.39, 0.29) is 22.4 Å². The molecule has 0 unspecified atom stereocenters. The van der Waals surface area contributed by atoms with Crippen molar-refractivity contribution in [3.05, 3.63) is 52.8 Å². The lowest BCUT2D eigenvalue weighted by molar-refractivity contribution is -0.137. The van der Waals surface area contributed by atoms with E-state index in [0.29, 0.717) is 5.69 Å². The Balaban J connectivity index is 2.83. The minimum absolute atomic E-state index is 0.0282. The summed E-state index contributed by atoms with van der Waals surface area (Å²) in [6.07, 6.45) is -4.56. The number of halogens is 3. The smallest absolute Gasteiger partial charge is 0.417 e. The predicted octanol–water partition coefficient (Wildman–Crippen LogP) is 4.08. The van der Waals surface area contributed by atoms with Crippen molar-refractivity contribution in [2.45, 2.75) is 20.0 Å². The number of alkyl halides is 3. The largest absolute Gasteiger partial charge is 0.478 e. The standard InChI is InChI=1S/C15H12F3NO2/c1-8-7-11(13(14(20)21)9(2)19-8)10-5-3-4-6-12(10)15(16,17)18/h3-7H,1-2H3,(H,20,21). The molecule has 0 radical (unpaired) electrons. The molecule has 0 aliphatic heterocycles. The van der Waals surface area contributed by atoms with Crippen LogP contribution in [-0.4, -0.2) is 16.1 Å². The third kappa shape index (κ3) is 2.89. The van der Waals surface area contributed by atoms with E-state index < -0.39 is 17.7 Å². The van der Waals surface area contributed by atoms with Gasteiger partial charge in [0.1, 0.15) is 0 Å². The van der Waals surface area contributed by atoms with Crippen LogP contribution in [0.2, 0.25) is 0 Å². The quantitative estimate of drug-likeness (QED) is 0.908. The maximum atomic E-state index is 13.1. The van der Waals surface area contributed by atoms with Gasteiger partial charge in [-0.25, -0.2) is 4.79 Å². The van der Waals surface area contributed by atoms with Crippen molar-refractivity contribution >= 4 is 5.97 Å². The molecule has 0 aliphatic rings. The van der Waals surface area contributed by atoms with Crippen LogP contribution in [0.1, 0.15) is 27.3 Å². The Morgan fingerprint density at radius 3 is 2.33 bits per heavy atom. The molecular weight excluding hydrogens is 283 g/mol. The van der Waals surface area contributed by atoms with Gasteiger partial charge < -0.3 is 5.11 Å². The first-order valence-corrected chi connectivity index (χ1v) is 6.10. The highest BCUT2D eigenvalue weighted by Crippen LogP contribution is 2.38. The molecule has 0 amide bonds. The Bertz CT molecular complexity index is 709. The zero-order valence-electron chi connectivity index (χ0n) is 11.3. The Hall–Kier alpha value is -2.37. The summed E-state index contributed by atoms with van der Waals surface area (Å²) >= 11 is 0. The second-order valence-corrected chi connectivity index (χ2v) is 4.62. The van der Waals surface area contributed by atoms with Crippen molar-refractivity contribution in [2.75, 3.05) is 0 Å². The Morgan fingerprint density at radius 2 is 1.76 bits per heavy atom. The van der Waals surface area contributed by atoms with Crippen LogP contribution in [0, 0.1) is 13.8 Å². The molecule has 1 heterocycles. The zero-order chi connectivity index (χ0) is 15.8. The van der Waals surface area contributed by atoms with Gasteiger partial charge in [0.15, 0.2) is 0 Å². The van der Waals surface area contributed by atoms with Gasteiger partial charge in [0.25, 0.3) is 0 Å². The summed E-state index contributed by atoms with van der Waals surface area (Å²) in [7, 11) is 0. The second kappa shape index (κ2) is 5.20. The van der Waals surface area contributed by atoms with Crippen molar-refractivity contribution < 1.29 is 23.1 Å². The molecule has 0 spiro atoms. The van der Waals surface area contributed by atoms with Gasteiger partial charge in [-0.2, -0.15) is 13.2 Å². The van der Waals surface area contributed by atoms with Crippen molar-refractivity contribution in [3.63, 3.8) is 0 Å². The number of rotatable bonds is 2. The van der Waals surface area contributed by atoms with Crippen molar-refractivity contribution in [2.24, 2.45) is 0 Å². The third-order valence-corrected chi connectivity index (χ3v) is 3.06. The number of aryl methyl sites for hydroxylation is 2. The fraction of sp³-hybridized carbons (Fsp3) is 0.200. The minimum atomic E-state index is -4.56. The van der Waals surface area contributed by atoms with Gasteiger partial charge >= 0.3 is 12.1 Å². The molecule has 3 nitrogen and oxygen atoms in total. The van der Waals surface area contributed by atoms with Gasteiger partial charge in [-0.3, -0.25) is 4.98 Å². The number of hydrogen-bond acceptors (Lipinski definition) is 2. The molecule has 0 saturated heterocycles. The molecule has 0 atom stereocenters. The highest BCUT2D eigenvalue weighted by molar-refractivity contribution is 5.97. The topological polar surface area (TPSA) is 50.2 Å². The summed E-state index contributed by atoms with van der Waals surface area (Å²) in [6.45, 7) is 3.08. The molecule has 6 heteroatoms. The number of carbonyl (C=O) groups is 1. The normalized spacial score (nSPS) is 11.5. The first kappa shape index (κ1) is 15.0. The molecule has 110 valence electrons. The van der Waals surface area contributed by atoms with Crippen LogP contribution >= 0.6 is 0 Å². The summed E-state index contributed by atoms with van der Waals surface area (Å²) in [5, 5.41) is 9.27. The van der Waals surface area contributed by atoms with Gasteiger partial charge in [-0.15, -0.1) is 0 Å². The average molecular weight is 295 g/mol. The van der Waals surface area contributed by atoms with E-state index in [0.717, 1.165) is 6.07 Å². The average Bonchev–Trinajstić information content (AvgIpc) is 2.36. The third-order valence-electron chi connectivity index (χ3n) is 3.06. The highest BCUT2D eigenvalue weighted by atomic mass is 19.4.